The molecule has 0 saturated carbocycles. The van der Waals surface area contributed by atoms with Crippen molar-refractivity contribution in [1.82, 2.24) is 0 Å². The largest absolute Gasteiger partial charge is 0.0819 e. The summed E-state index contributed by atoms with van der Waals surface area (Å²) < 4.78 is 0. The van der Waals surface area contributed by atoms with Gasteiger partial charge >= 0.3 is 0 Å². The maximum atomic E-state index is 2.35. The highest BCUT2D eigenvalue weighted by Crippen LogP contribution is 2.30. The molecule has 0 heterocycles. The average molecular weight is 301 g/mol. The van der Waals surface area contributed by atoms with Crippen molar-refractivity contribution in [3.63, 3.8) is 0 Å². The summed E-state index contributed by atoms with van der Waals surface area (Å²) >= 11 is 0. The molecular weight excluding hydrogens is 264 g/mol. The summed E-state index contributed by atoms with van der Waals surface area (Å²) in [6.45, 7) is 15.1. The van der Waals surface area contributed by atoms with E-state index in [4.69, 9.17) is 0 Å². The van der Waals surface area contributed by atoms with Crippen molar-refractivity contribution in [3.8, 4) is 0 Å². The van der Waals surface area contributed by atoms with Gasteiger partial charge in [0.15, 0.2) is 0 Å². The van der Waals surface area contributed by atoms with Gasteiger partial charge in [0, 0.05) is 0 Å². The van der Waals surface area contributed by atoms with Gasteiger partial charge in [0.1, 0.15) is 0 Å². The van der Waals surface area contributed by atoms with Gasteiger partial charge < -0.3 is 0 Å². The SMILES string of the molecule is CC.CC\C=C(C)/C=C/C=C(C)/C=C/C1=C(C)CCCC1C. The molecule has 0 fully saturated rings. The second-order valence-electron chi connectivity index (χ2n) is 5.99. The first-order valence-electron chi connectivity index (χ1n) is 8.94. The normalized spacial score (nSPS) is 20.6. The van der Waals surface area contributed by atoms with Crippen LogP contribution in [-0.2, 0) is 0 Å². The van der Waals surface area contributed by atoms with Crippen LogP contribution in [0.4, 0.5) is 0 Å². The minimum atomic E-state index is 0.720. The molecule has 0 spiro atoms. The van der Waals surface area contributed by atoms with Gasteiger partial charge in [-0.2, -0.15) is 0 Å². The lowest BCUT2D eigenvalue weighted by molar-refractivity contribution is 0.546. The molecule has 0 aromatic carbocycles. The van der Waals surface area contributed by atoms with Crippen molar-refractivity contribution in [3.05, 3.63) is 58.7 Å². The van der Waals surface area contributed by atoms with Crippen molar-refractivity contribution < 1.29 is 0 Å². The second-order valence-corrected chi connectivity index (χ2v) is 5.99. The summed E-state index contributed by atoms with van der Waals surface area (Å²) in [5.74, 6) is 0.720. The summed E-state index contributed by atoms with van der Waals surface area (Å²) in [6.07, 6.45) is 18.4. The zero-order chi connectivity index (χ0) is 17.0. The topological polar surface area (TPSA) is 0 Å². The Morgan fingerprint density at radius 2 is 1.82 bits per heavy atom. The zero-order valence-electron chi connectivity index (χ0n) is 15.9. The van der Waals surface area contributed by atoms with Gasteiger partial charge in [0.25, 0.3) is 0 Å². The van der Waals surface area contributed by atoms with Crippen LogP contribution >= 0.6 is 0 Å². The maximum Gasteiger partial charge on any atom is -0.0191 e. The fourth-order valence-corrected chi connectivity index (χ4v) is 2.72. The van der Waals surface area contributed by atoms with Gasteiger partial charge in [0.2, 0.25) is 0 Å². The third kappa shape index (κ3) is 8.22. The molecule has 0 aromatic heterocycles. The summed E-state index contributed by atoms with van der Waals surface area (Å²) in [5, 5.41) is 0. The highest BCUT2D eigenvalue weighted by molar-refractivity contribution is 5.34. The molecule has 1 aliphatic carbocycles. The van der Waals surface area contributed by atoms with Crippen molar-refractivity contribution in [2.24, 2.45) is 5.92 Å². The van der Waals surface area contributed by atoms with E-state index in [0.717, 1.165) is 12.3 Å². The van der Waals surface area contributed by atoms with E-state index in [1.165, 1.54) is 30.4 Å². The first-order valence-corrected chi connectivity index (χ1v) is 8.94. The molecule has 1 aliphatic rings. The van der Waals surface area contributed by atoms with Gasteiger partial charge in [-0.3, -0.25) is 0 Å². The predicted octanol–water partition coefficient (Wildman–Crippen LogP) is 7.56. The fourth-order valence-electron chi connectivity index (χ4n) is 2.72. The molecular formula is C22H36. The lowest BCUT2D eigenvalue weighted by atomic mass is 9.84. The molecule has 1 unspecified atom stereocenters. The lowest BCUT2D eigenvalue weighted by Gasteiger charge is -2.22. The summed E-state index contributed by atoms with van der Waals surface area (Å²) in [5.41, 5.74) is 5.77. The van der Waals surface area contributed by atoms with Crippen LogP contribution in [0.25, 0.3) is 0 Å². The van der Waals surface area contributed by atoms with Gasteiger partial charge in [-0.05, 0) is 57.9 Å². The van der Waals surface area contributed by atoms with E-state index in [2.05, 4.69) is 71.1 Å². The molecule has 1 atom stereocenters. The Hall–Kier alpha value is -1.30. The van der Waals surface area contributed by atoms with Crippen LogP contribution in [-0.4, -0.2) is 0 Å². The van der Waals surface area contributed by atoms with E-state index >= 15 is 0 Å². The molecule has 22 heavy (non-hydrogen) atoms. The van der Waals surface area contributed by atoms with E-state index in [-0.39, 0.29) is 0 Å². The highest BCUT2D eigenvalue weighted by atomic mass is 14.2. The van der Waals surface area contributed by atoms with Gasteiger partial charge in [-0.1, -0.05) is 80.9 Å². The van der Waals surface area contributed by atoms with Crippen molar-refractivity contribution in [2.75, 3.05) is 0 Å². The number of hydrogen-bond donors (Lipinski definition) is 0. The number of allylic oxidation sites excluding steroid dienone is 10. The molecule has 0 aromatic rings. The molecule has 0 N–H and O–H groups in total. The molecule has 124 valence electrons. The molecule has 1 rings (SSSR count). The van der Waals surface area contributed by atoms with E-state index in [0.29, 0.717) is 0 Å². The highest BCUT2D eigenvalue weighted by Gasteiger charge is 2.14. The third-order valence-corrected chi connectivity index (χ3v) is 3.98. The number of rotatable bonds is 5. The molecule has 0 heteroatoms. The minimum absolute atomic E-state index is 0.720. The standard InChI is InChI=1S/C20H30.C2H6/c1-6-9-16(2)10-7-11-17(3)14-15-20-18(4)12-8-13-19(20)5;1-2/h7,9-11,14-15,18H,6,8,12-13H2,1-5H3;1-2H3/b10-7+,15-14+,16-9-,17-11+;. The van der Waals surface area contributed by atoms with Crippen molar-refractivity contribution >= 4 is 0 Å². The van der Waals surface area contributed by atoms with Crippen LogP contribution in [0.15, 0.2) is 58.7 Å². The monoisotopic (exact) mass is 300 g/mol. The van der Waals surface area contributed by atoms with Gasteiger partial charge in [0.05, 0.1) is 0 Å². The first kappa shape index (κ1) is 20.7. The molecule has 0 saturated heterocycles. The third-order valence-electron chi connectivity index (χ3n) is 3.98. The van der Waals surface area contributed by atoms with Crippen LogP contribution in [0.1, 0.15) is 74.1 Å². The maximum absolute atomic E-state index is 2.35. The Morgan fingerprint density at radius 3 is 2.41 bits per heavy atom. The average Bonchev–Trinajstić information content (AvgIpc) is 2.49. The Bertz CT molecular complexity index is 452. The molecule has 0 bridgehead atoms. The second kappa shape index (κ2) is 12.3. The van der Waals surface area contributed by atoms with Crippen LogP contribution in [0.5, 0.6) is 0 Å². The van der Waals surface area contributed by atoms with Crippen LogP contribution < -0.4 is 0 Å². The Morgan fingerprint density at radius 1 is 1.14 bits per heavy atom. The number of hydrogen-bond acceptors (Lipinski definition) is 0. The van der Waals surface area contributed by atoms with Crippen molar-refractivity contribution in [1.29, 1.82) is 0 Å². The molecule has 0 radical (unpaired) electrons. The molecule has 0 aliphatic heterocycles. The Kier molecular flexibility index (Phi) is 11.5. The van der Waals surface area contributed by atoms with E-state index in [1.807, 2.05) is 13.8 Å². The Balaban J connectivity index is 0.00000211. The summed E-state index contributed by atoms with van der Waals surface area (Å²) in [7, 11) is 0. The van der Waals surface area contributed by atoms with Gasteiger partial charge in [-0.15, -0.1) is 0 Å². The first-order chi connectivity index (χ1) is 10.5. The zero-order valence-corrected chi connectivity index (χ0v) is 15.9. The Labute approximate surface area is 139 Å². The van der Waals surface area contributed by atoms with Gasteiger partial charge in [-0.25, -0.2) is 0 Å². The molecule has 0 nitrogen and oxygen atoms in total. The quantitative estimate of drug-likeness (QED) is 0.459. The fraction of sp³-hybridized carbons (Fsp3) is 0.545. The van der Waals surface area contributed by atoms with Crippen LogP contribution in [0.3, 0.4) is 0 Å². The van der Waals surface area contributed by atoms with E-state index in [9.17, 15) is 0 Å². The van der Waals surface area contributed by atoms with E-state index in [1.54, 1.807) is 11.1 Å². The lowest BCUT2D eigenvalue weighted by Crippen LogP contribution is -2.06. The summed E-state index contributed by atoms with van der Waals surface area (Å²) in [6, 6.07) is 0. The smallest absolute Gasteiger partial charge is 0.0191 e. The minimum Gasteiger partial charge on any atom is -0.0819 e. The predicted molar refractivity (Wildman–Crippen MR) is 103 cm³/mol. The molecule has 0 amide bonds. The van der Waals surface area contributed by atoms with Crippen LogP contribution in [0.2, 0.25) is 0 Å². The van der Waals surface area contributed by atoms with Crippen LogP contribution in [0, 0.1) is 5.92 Å². The van der Waals surface area contributed by atoms with Crippen molar-refractivity contribution in [2.45, 2.75) is 74.1 Å². The summed E-state index contributed by atoms with van der Waals surface area (Å²) in [4.78, 5) is 0. The van der Waals surface area contributed by atoms with E-state index < -0.39 is 0 Å².